The van der Waals surface area contributed by atoms with Crippen molar-refractivity contribution >= 4 is 59.1 Å². The van der Waals surface area contributed by atoms with E-state index in [1.165, 1.54) is 13.8 Å². The Morgan fingerprint density at radius 2 is 1.14 bits per heavy atom. The second-order valence-corrected chi connectivity index (χ2v) is 20.0. The van der Waals surface area contributed by atoms with Crippen LogP contribution in [0.5, 0.6) is 0 Å². The molecule has 1 aromatic rings. The molecule has 3 rings (SSSR count). The van der Waals surface area contributed by atoms with Gasteiger partial charge in [-0.05, 0) is 109 Å². The fourth-order valence-electron chi connectivity index (χ4n) is 8.74. The summed E-state index contributed by atoms with van der Waals surface area (Å²) >= 11 is 0. The first-order valence-electron chi connectivity index (χ1n) is 26.6. The average Bonchev–Trinajstić information content (AvgIpc) is 3.37. The molecular formula is C50H85N15O12. The Morgan fingerprint density at radius 3 is 1.66 bits per heavy atom. The molecule has 3 unspecified atom stereocenters. The molecule has 432 valence electrons. The van der Waals surface area contributed by atoms with Gasteiger partial charge in [-0.1, -0.05) is 50.6 Å². The molecule has 0 bridgehead atoms. The van der Waals surface area contributed by atoms with E-state index in [-0.39, 0.29) is 83.1 Å². The normalized spacial score (nSPS) is 25.4. The largest absolute Gasteiger partial charge is 0.391 e. The predicted molar refractivity (Wildman–Crippen MR) is 283 cm³/mol. The van der Waals surface area contributed by atoms with Crippen molar-refractivity contribution in [1.82, 2.24) is 58.5 Å². The highest BCUT2D eigenvalue weighted by atomic mass is 16.3. The van der Waals surface area contributed by atoms with Crippen molar-refractivity contribution in [1.29, 1.82) is 0 Å². The lowest BCUT2D eigenvalue weighted by molar-refractivity contribution is -0.136. The molecule has 77 heavy (non-hydrogen) atoms. The zero-order valence-corrected chi connectivity index (χ0v) is 44.7. The third-order valence-electron chi connectivity index (χ3n) is 13.0. The van der Waals surface area contributed by atoms with Crippen LogP contribution in [0.3, 0.4) is 0 Å². The molecule has 0 radical (unpaired) electrons. The molecule has 1 aromatic carbocycles. The monoisotopic (exact) mass is 1090 g/mol. The smallest absolute Gasteiger partial charge is 0.245 e. The lowest BCUT2D eigenvalue weighted by Gasteiger charge is -2.29. The summed E-state index contributed by atoms with van der Waals surface area (Å²) in [6.07, 6.45) is -1.44. The topological polar surface area (TPSA) is 448 Å². The van der Waals surface area contributed by atoms with Gasteiger partial charge in [-0.25, -0.2) is 0 Å². The molecule has 0 spiro atoms. The highest BCUT2D eigenvalue weighted by molar-refractivity contribution is 5.99. The van der Waals surface area contributed by atoms with E-state index in [0.717, 1.165) is 25.8 Å². The summed E-state index contributed by atoms with van der Waals surface area (Å²) in [6.45, 7) is 5.82. The fourth-order valence-corrected chi connectivity index (χ4v) is 8.74. The van der Waals surface area contributed by atoms with E-state index >= 15 is 0 Å². The highest BCUT2D eigenvalue weighted by Crippen LogP contribution is 2.13. The van der Waals surface area contributed by atoms with Crippen LogP contribution in [0.4, 0.5) is 0 Å². The van der Waals surface area contributed by atoms with Crippen molar-refractivity contribution in [2.45, 2.75) is 171 Å². The van der Waals surface area contributed by atoms with Crippen LogP contribution in [0.15, 0.2) is 30.3 Å². The van der Waals surface area contributed by atoms with Crippen LogP contribution in [0.25, 0.3) is 0 Å². The zero-order valence-electron chi connectivity index (χ0n) is 44.7. The van der Waals surface area contributed by atoms with Crippen LogP contribution in [0.1, 0.15) is 97.5 Å². The van der Waals surface area contributed by atoms with Gasteiger partial charge in [-0.3, -0.25) is 47.9 Å². The van der Waals surface area contributed by atoms with Crippen LogP contribution >= 0.6 is 0 Å². The Balaban J connectivity index is 2.09. The molecule has 0 aliphatic carbocycles. The Bertz CT molecular complexity index is 2110. The summed E-state index contributed by atoms with van der Waals surface area (Å²) in [5.41, 5.74) is 24.1. The van der Waals surface area contributed by atoms with E-state index in [1.54, 1.807) is 44.2 Å². The fraction of sp³-hybridized carbons (Fsp3) is 0.680. The Morgan fingerprint density at radius 1 is 0.610 bits per heavy atom. The number of nitrogens with two attached hydrogens (primary N) is 4. The van der Waals surface area contributed by atoms with Gasteiger partial charge in [0.05, 0.1) is 12.2 Å². The van der Waals surface area contributed by atoms with Gasteiger partial charge in [0.2, 0.25) is 59.1 Å². The van der Waals surface area contributed by atoms with Gasteiger partial charge in [0, 0.05) is 25.4 Å². The Hall–Kier alpha value is -6.36. The minimum absolute atomic E-state index is 0.0332. The molecule has 21 N–H and O–H groups in total. The summed E-state index contributed by atoms with van der Waals surface area (Å²) < 4.78 is 0. The zero-order chi connectivity index (χ0) is 57.2. The van der Waals surface area contributed by atoms with Crippen molar-refractivity contribution in [2.24, 2.45) is 28.9 Å². The Labute approximate surface area is 449 Å². The molecule has 2 saturated heterocycles. The van der Waals surface area contributed by atoms with Crippen LogP contribution in [0.2, 0.25) is 0 Å². The minimum Gasteiger partial charge on any atom is -0.391 e. The first-order chi connectivity index (χ1) is 36.6. The molecule has 2 fully saturated rings. The molecule has 2 aliphatic heterocycles. The molecule has 10 amide bonds. The molecule has 0 aromatic heterocycles. The quantitative estimate of drug-likeness (QED) is 0.0545. The third-order valence-corrected chi connectivity index (χ3v) is 13.0. The molecule has 27 heteroatoms. The molecular weight excluding hydrogens is 1000 g/mol. The van der Waals surface area contributed by atoms with Gasteiger partial charge < -0.3 is 91.6 Å². The average molecular weight is 1090 g/mol. The SMILES string of the molecule is CC(C)C[C@@H]1NC(=O)[C@@H](Cc2ccccc2)NC(=O)[C@H](CCN)NC(=O)[C@@H](NC(=O)[C@H](CCN)NC(=O)[C@@H](NC(=O)C[C@@H]2CCCCN2)C(C)O)CCNC(=O)C(C(C)O)NC(=O)[C@H](CCN)NC(=O)[C@H](CCN)NC1=O. The van der Waals surface area contributed by atoms with Crippen molar-refractivity contribution in [3.05, 3.63) is 35.9 Å². The number of piperidine rings is 1. The van der Waals surface area contributed by atoms with E-state index in [1.807, 2.05) is 0 Å². The summed E-state index contributed by atoms with van der Waals surface area (Å²) in [7, 11) is 0. The van der Waals surface area contributed by atoms with Gasteiger partial charge in [0.25, 0.3) is 0 Å². The molecule has 0 saturated carbocycles. The van der Waals surface area contributed by atoms with Gasteiger partial charge in [0.15, 0.2) is 0 Å². The molecule has 12 atom stereocenters. The van der Waals surface area contributed by atoms with Gasteiger partial charge in [0.1, 0.15) is 54.4 Å². The number of rotatable bonds is 21. The van der Waals surface area contributed by atoms with E-state index in [0.29, 0.717) is 5.56 Å². The predicted octanol–water partition coefficient (Wildman–Crippen LogP) is -6.15. The van der Waals surface area contributed by atoms with Crippen LogP contribution in [-0.2, 0) is 54.4 Å². The lowest BCUT2D eigenvalue weighted by atomic mass is 10.00. The number of carbonyl (C=O) groups is 10. The van der Waals surface area contributed by atoms with Crippen molar-refractivity contribution < 1.29 is 58.2 Å². The van der Waals surface area contributed by atoms with E-state index in [9.17, 15) is 58.2 Å². The van der Waals surface area contributed by atoms with Gasteiger partial charge in [-0.15, -0.1) is 0 Å². The van der Waals surface area contributed by atoms with Crippen molar-refractivity contribution in [3.63, 3.8) is 0 Å². The van der Waals surface area contributed by atoms with E-state index in [4.69, 9.17) is 22.9 Å². The van der Waals surface area contributed by atoms with Crippen LogP contribution in [-0.4, -0.2) is 181 Å². The van der Waals surface area contributed by atoms with E-state index < -0.39 is 139 Å². The number of hydrogen-bond donors (Lipinski definition) is 17. The summed E-state index contributed by atoms with van der Waals surface area (Å²) in [6, 6.07) is -4.62. The number of aliphatic hydroxyl groups excluding tert-OH is 2. The number of benzene rings is 1. The second kappa shape index (κ2) is 33.7. The molecule has 2 heterocycles. The third kappa shape index (κ3) is 22.3. The first kappa shape index (κ1) is 64.9. The number of nitrogens with one attached hydrogen (secondary N) is 11. The highest BCUT2D eigenvalue weighted by Gasteiger charge is 2.37. The maximum Gasteiger partial charge on any atom is 0.245 e. The maximum absolute atomic E-state index is 14.4. The van der Waals surface area contributed by atoms with Crippen molar-refractivity contribution in [2.75, 3.05) is 39.3 Å². The summed E-state index contributed by atoms with van der Waals surface area (Å²) in [4.78, 5) is 139. The lowest BCUT2D eigenvalue weighted by Crippen LogP contribution is -2.61. The van der Waals surface area contributed by atoms with Gasteiger partial charge >= 0.3 is 0 Å². The number of amides is 10. The van der Waals surface area contributed by atoms with E-state index in [2.05, 4.69) is 58.5 Å². The number of hydrogen-bond acceptors (Lipinski definition) is 17. The summed E-state index contributed by atoms with van der Waals surface area (Å²) in [5, 5.41) is 50.2. The van der Waals surface area contributed by atoms with Crippen LogP contribution in [0, 0.1) is 5.92 Å². The Kier molecular flexibility index (Phi) is 28.4. The number of carbonyl (C=O) groups excluding carboxylic acids is 10. The summed E-state index contributed by atoms with van der Waals surface area (Å²) in [5.74, 6) is -8.84. The first-order valence-corrected chi connectivity index (χ1v) is 26.6. The van der Waals surface area contributed by atoms with Crippen molar-refractivity contribution in [3.8, 4) is 0 Å². The maximum atomic E-state index is 14.4. The standard InChI is InChI=1S/C50H85N15O12/c1-27(2)24-37-47(74)59-32(13-18-51)42(69)58-35(16-21-54)46(73)65-40(28(3)66)49(76)56-23-17-36(45(72)57-33(14-19-52)44(71)63-38(48(75)62-37)25-30-10-6-5-7-11-30)60-43(70)34(15-20-53)61-50(77)41(29(4)67)64-39(68)26-31-12-8-9-22-55-31/h5-7,10-11,27-29,31-38,40-41,55,66-67H,8-9,12-26,51-54H2,1-4H3,(H,56,76)(H,57,72)(H,58,69)(H,59,74)(H,60,70)(H,61,77)(H,62,75)(H,63,71)(H,64,68)(H,65,73)/t28?,29?,31-,32-,33-,34-,35-,36-,37-,38+,40?,41-/m0/s1. The van der Waals surface area contributed by atoms with Gasteiger partial charge in [-0.2, -0.15) is 0 Å². The minimum atomic E-state index is -1.66. The molecule has 27 nitrogen and oxygen atoms in total. The molecule has 2 aliphatic rings. The van der Waals surface area contributed by atoms with Crippen LogP contribution < -0.4 is 81.4 Å². The number of aliphatic hydroxyl groups is 2. The second-order valence-electron chi connectivity index (χ2n) is 20.0.